The quantitative estimate of drug-likeness (QED) is 0.477. The van der Waals surface area contributed by atoms with E-state index < -0.39 is 10.7 Å². The number of rotatable bonds is 4. The molecule has 0 unspecified atom stereocenters. The lowest BCUT2D eigenvalue weighted by Gasteiger charge is -2.09. The van der Waals surface area contributed by atoms with Gasteiger partial charge in [-0.05, 0) is 24.3 Å². The summed E-state index contributed by atoms with van der Waals surface area (Å²) in [5, 5.41) is 10.5. The topological polar surface area (TPSA) is 69.4 Å². The van der Waals surface area contributed by atoms with Crippen LogP contribution in [0.1, 0.15) is 10.4 Å². The summed E-state index contributed by atoms with van der Waals surface area (Å²) in [6.45, 7) is 0. The van der Waals surface area contributed by atoms with Crippen molar-refractivity contribution in [1.29, 1.82) is 0 Å². The fourth-order valence-corrected chi connectivity index (χ4v) is 1.89. The molecule has 0 amide bonds. The predicted octanol–water partition coefficient (Wildman–Crippen LogP) is 4.10. The molecule has 5 nitrogen and oxygen atoms in total. The van der Waals surface area contributed by atoms with E-state index in [0.29, 0.717) is 10.8 Å². The van der Waals surface area contributed by atoms with Gasteiger partial charge in [0.1, 0.15) is 5.75 Å². The van der Waals surface area contributed by atoms with Crippen LogP contribution in [0, 0.1) is 15.9 Å². The number of benzene rings is 2. The number of aldehydes is 1. The van der Waals surface area contributed by atoms with Crippen molar-refractivity contribution in [3.63, 3.8) is 0 Å². The van der Waals surface area contributed by atoms with Crippen molar-refractivity contribution in [1.82, 2.24) is 0 Å². The van der Waals surface area contributed by atoms with Crippen LogP contribution in [0.25, 0.3) is 0 Å². The van der Waals surface area contributed by atoms with Gasteiger partial charge >= 0.3 is 0 Å². The second-order valence-corrected chi connectivity index (χ2v) is 4.69. The minimum absolute atomic E-state index is 0.163. The second kappa shape index (κ2) is 5.79. The van der Waals surface area contributed by atoms with Crippen LogP contribution in [-0.4, -0.2) is 11.2 Å². The summed E-state index contributed by atoms with van der Waals surface area (Å²) in [6, 6.07) is 7.67. The Kier molecular flexibility index (Phi) is 4.09. The first kappa shape index (κ1) is 14.1. The van der Waals surface area contributed by atoms with Crippen LogP contribution in [0.3, 0.4) is 0 Å². The third-order valence-corrected chi connectivity index (χ3v) is 2.94. The van der Waals surface area contributed by atoms with E-state index in [4.69, 9.17) is 4.74 Å². The number of carbonyl (C=O) groups is 1. The molecule has 0 aliphatic carbocycles. The number of non-ortho nitro benzene ring substituents is 1. The maximum atomic E-state index is 13.7. The first-order valence-electron chi connectivity index (χ1n) is 5.38. The normalized spacial score (nSPS) is 10.1. The zero-order valence-electron chi connectivity index (χ0n) is 9.88. The van der Waals surface area contributed by atoms with Crippen LogP contribution in [0.5, 0.6) is 11.5 Å². The Morgan fingerprint density at radius 3 is 2.50 bits per heavy atom. The third-order valence-electron chi connectivity index (χ3n) is 2.44. The summed E-state index contributed by atoms with van der Waals surface area (Å²) < 4.78 is 19.6. The molecule has 7 heteroatoms. The Hall–Kier alpha value is -2.28. The molecule has 0 saturated carbocycles. The van der Waals surface area contributed by atoms with E-state index in [9.17, 15) is 19.3 Å². The molecule has 0 saturated heterocycles. The Balaban J connectivity index is 2.35. The highest BCUT2D eigenvalue weighted by Gasteiger charge is 2.13. The minimum Gasteiger partial charge on any atom is -0.454 e. The molecule has 102 valence electrons. The van der Waals surface area contributed by atoms with Crippen molar-refractivity contribution in [2.24, 2.45) is 0 Å². The van der Waals surface area contributed by atoms with Gasteiger partial charge in [-0.3, -0.25) is 14.9 Å². The van der Waals surface area contributed by atoms with Crippen molar-refractivity contribution < 1.29 is 18.8 Å². The Labute approximate surface area is 121 Å². The van der Waals surface area contributed by atoms with Crippen molar-refractivity contribution in [3.05, 3.63) is 62.4 Å². The number of nitro groups is 1. The van der Waals surface area contributed by atoms with Gasteiger partial charge in [-0.1, -0.05) is 15.9 Å². The zero-order chi connectivity index (χ0) is 14.7. The summed E-state index contributed by atoms with van der Waals surface area (Å²) in [7, 11) is 0. The largest absolute Gasteiger partial charge is 0.454 e. The standard InChI is InChI=1S/C13H7BrFNO4/c14-9-1-3-12(8(5-9)7-17)20-13-4-2-10(16(18)19)6-11(13)15/h1-7H. The van der Waals surface area contributed by atoms with Crippen molar-refractivity contribution >= 4 is 27.9 Å². The number of hydrogen-bond acceptors (Lipinski definition) is 4. The maximum absolute atomic E-state index is 13.7. The number of ether oxygens (including phenoxy) is 1. The number of hydrogen-bond donors (Lipinski definition) is 0. The van der Waals surface area contributed by atoms with Crippen molar-refractivity contribution in [3.8, 4) is 11.5 Å². The fraction of sp³-hybridized carbons (Fsp3) is 0. The average Bonchev–Trinajstić information content (AvgIpc) is 2.42. The number of halogens is 2. The summed E-state index contributed by atoms with van der Waals surface area (Å²) in [6.07, 6.45) is 0.573. The smallest absolute Gasteiger partial charge is 0.272 e. The third kappa shape index (κ3) is 3.00. The SMILES string of the molecule is O=Cc1cc(Br)ccc1Oc1ccc([N+](=O)[O-])cc1F. The minimum atomic E-state index is -0.876. The van der Waals surface area contributed by atoms with E-state index in [1.807, 2.05) is 0 Å². The van der Waals surface area contributed by atoms with Crippen LogP contribution in [0.4, 0.5) is 10.1 Å². The van der Waals surface area contributed by atoms with Gasteiger partial charge < -0.3 is 4.74 Å². The van der Waals surface area contributed by atoms with E-state index in [-0.39, 0.29) is 22.7 Å². The number of carbonyl (C=O) groups excluding carboxylic acids is 1. The van der Waals surface area contributed by atoms with E-state index in [1.165, 1.54) is 12.1 Å². The lowest BCUT2D eigenvalue weighted by molar-refractivity contribution is -0.385. The zero-order valence-corrected chi connectivity index (χ0v) is 11.5. The second-order valence-electron chi connectivity index (χ2n) is 3.77. The molecule has 2 rings (SSSR count). The van der Waals surface area contributed by atoms with Gasteiger partial charge in [0.2, 0.25) is 0 Å². The van der Waals surface area contributed by atoms with E-state index in [2.05, 4.69) is 15.9 Å². The van der Waals surface area contributed by atoms with E-state index in [1.54, 1.807) is 6.07 Å². The maximum Gasteiger partial charge on any atom is 0.272 e. The first-order chi connectivity index (χ1) is 9.51. The van der Waals surface area contributed by atoms with Crippen LogP contribution in [-0.2, 0) is 0 Å². The first-order valence-corrected chi connectivity index (χ1v) is 6.17. The molecule has 20 heavy (non-hydrogen) atoms. The molecule has 0 fully saturated rings. The van der Waals surface area contributed by atoms with Gasteiger partial charge in [0, 0.05) is 10.5 Å². The molecule has 0 N–H and O–H groups in total. The molecular formula is C13H7BrFNO4. The number of nitrogens with zero attached hydrogens (tertiary/aromatic N) is 1. The van der Waals surface area contributed by atoms with Crippen LogP contribution in [0.2, 0.25) is 0 Å². The van der Waals surface area contributed by atoms with Gasteiger partial charge in [-0.2, -0.15) is 0 Å². The van der Waals surface area contributed by atoms with Crippen LogP contribution < -0.4 is 4.74 Å². The summed E-state index contributed by atoms with van der Waals surface area (Å²) in [5.41, 5.74) is -0.140. The van der Waals surface area contributed by atoms with Gasteiger partial charge in [0.05, 0.1) is 16.6 Å². The lowest BCUT2D eigenvalue weighted by Crippen LogP contribution is -1.94. The van der Waals surface area contributed by atoms with Crippen molar-refractivity contribution in [2.45, 2.75) is 0 Å². The summed E-state index contributed by atoms with van der Waals surface area (Å²) in [5.74, 6) is -0.907. The molecular weight excluding hydrogens is 333 g/mol. The summed E-state index contributed by atoms with van der Waals surface area (Å²) in [4.78, 5) is 20.7. The van der Waals surface area contributed by atoms with Gasteiger partial charge in [-0.25, -0.2) is 4.39 Å². The molecule has 0 bridgehead atoms. The molecule has 0 aliphatic heterocycles. The van der Waals surface area contributed by atoms with Gasteiger partial charge in [0.25, 0.3) is 5.69 Å². The highest BCUT2D eigenvalue weighted by atomic mass is 79.9. The molecule has 2 aromatic rings. The molecule has 0 aromatic heterocycles. The molecule has 2 aromatic carbocycles. The molecule has 0 atom stereocenters. The highest BCUT2D eigenvalue weighted by molar-refractivity contribution is 9.10. The molecule has 0 spiro atoms. The summed E-state index contributed by atoms with van der Waals surface area (Å²) >= 11 is 3.20. The Morgan fingerprint density at radius 2 is 1.90 bits per heavy atom. The lowest BCUT2D eigenvalue weighted by atomic mass is 10.2. The number of nitro benzene ring substituents is 1. The van der Waals surface area contributed by atoms with E-state index in [0.717, 1.165) is 18.2 Å². The molecule has 0 heterocycles. The van der Waals surface area contributed by atoms with E-state index >= 15 is 0 Å². The molecule has 0 aliphatic rings. The Bertz CT molecular complexity index is 690. The van der Waals surface area contributed by atoms with Gasteiger partial charge in [-0.15, -0.1) is 0 Å². The monoisotopic (exact) mass is 339 g/mol. The van der Waals surface area contributed by atoms with Crippen LogP contribution >= 0.6 is 15.9 Å². The highest BCUT2D eigenvalue weighted by Crippen LogP contribution is 2.30. The van der Waals surface area contributed by atoms with Crippen LogP contribution in [0.15, 0.2) is 40.9 Å². The van der Waals surface area contributed by atoms with Crippen molar-refractivity contribution in [2.75, 3.05) is 0 Å². The predicted molar refractivity (Wildman–Crippen MR) is 72.7 cm³/mol. The molecule has 0 radical (unpaired) electrons. The van der Waals surface area contributed by atoms with Gasteiger partial charge in [0.15, 0.2) is 17.9 Å². The Morgan fingerprint density at radius 1 is 1.20 bits per heavy atom. The fourth-order valence-electron chi connectivity index (χ4n) is 1.51. The average molecular weight is 340 g/mol.